The van der Waals surface area contributed by atoms with E-state index < -0.39 is 5.91 Å². The van der Waals surface area contributed by atoms with Crippen molar-refractivity contribution in [3.8, 4) is 11.5 Å². The Bertz CT molecular complexity index is 1080. The lowest BCUT2D eigenvalue weighted by atomic mass is 9.95. The molecule has 1 aromatic heterocycles. The molecule has 0 fully saturated rings. The smallest absolute Gasteiger partial charge is 0.249 e. The van der Waals surface area contributed by atoms with Crippen LogP contribution in [0.5, 0.6) is 11.5 Å². The van der Waals surface area contributed by atoms with Gasteiger partial charge in [0.25, 0.3) is 0 Å². The summed E-state index contributed by atoms with van der Waals surface area (Å²) in [6.07, 6.45) is 4.28. The van der Waals surface area contributed by atoms with Crippen molar-refractivity contribution >= 4 is 16.8 Å². The van der Waals surface area contributed by atoms with Crippen molar-refractivity contribution in [3.05, 3.63) is 59.0 Å². The zero-order valence-electron chi connectivity index (χ0n) is 17.1. The Morgan fingerprint density at radius 2 is 2.23 bits per heavy atom. The van der Waals surface area contributed by atoms with Crippen molar-refractivity contribution in [1.82, 2.24) is 10.3 Å². The molecule has 1 amide bonds. The first-order valence-electron chi connectivity index (χ1n) is 10.1. The van der Waals surface area contributed by atoms with E-state index in [0.717, 1.165) is 34.9 Å². The third kappa shape index (κ3) is 3.98. The minimum atomic E-state index is -0.474. The van der Waals surface area contributed by atoms with Crippen molar-refractivity contribution in [2.24, 2.45) is 5.73 Å². The van der Waals surface area contributed by atoms with Crippen LogP contribution in [0.15, 0.2) is 36.5 Å². The number of aryl methyl sites for hydroxylation is 1. The van der Waals surface area contributed by atoms with Gasteiger partial charge in [0.05, 0.1) is 7.11 Å². The summed E-state index contributed by atoms with van der Waals surface area (Å²) in [5.74, 6) is 0.499. The minimum Gasteiger partial charge on any atom is -0.493 e. The average Bonchev–Trinajstić information content (AvgIpc) is 3.13. The van der Waals surface area contributed by atoms with Gasteiger partial charge in [-0.25, -0.2) is 4.39 Å². The highest BCUT2D eigenvalue weighted by atomic mass is 19.1. The number of aromatic amines is 1. The van der Waals surface area contributed by atoms with Crippen LogP contribution >= 0.6 is 0 Å². The SMILES string of the molecule is COc1ccc(C(N)=O)c2c1OC[C@H](NC(C)CCc1c[nH]c3ccc(F)cc13)C2. The van der Waals surface area contributed by atoms with Crippen molar-refractivity contribution < 1.29 is 18.7 Å². The molecule has 1 unspecified atom stereocenters. The van der Waals surface area contributed by atoms with Crippen LogP contribution in [0.25, 0.3) is 10.9 Å². The molecule has 2 aromatic carbocycles. The molecule has 0 saturated carbocycles. The number of halogens is 1. The number of aromatic nitrogens is 1. The largest absolute Gasteiger partial charge is 0.493 e. The van der Waals surface area contributed by atoms with Crippen LogP contribution in [0.4, 0.5) is 4.39 Å². The van der Waals surface area contributed by atoms with Crippen molar-refractivity contribution in [3.63, 3.8) is 0 Å². The van der Waals surface area contributed by atoms with E-state index >= 15 is 0 Å². The predicted octanol–water partition coefficient (Wildman–Crippen LogP) is 3.33. The summed E-state index contributed by atoms with van der Waals surface area (Å²) in [5.41, 5.74) is 8.84. The fraction of sp³-hybridized carbons (Fsp3) is 0.348. The van der Waals surface area contributed by atoms with E-state index in [1.54, 1.807) is 31.4 Å². The van der Waals surface area contributed by atoms with E-state index in [1.165, 1.54) is 6.07 Å². The molecular weight excluding hydrogens is 385 g/mol. The van der Waals surface area contributed by atoms with Crippen LogP contribution in [-0.2, 0) is 12.8 Å². The summed E-state index contributed by atoms with van der Waals surface area (Å²) in [6.45, 7) is 2.60. The molecule has 1 aliphatic heterocycles. The number of fused-ring (bicyclic) bond motifs is 2. The standard InChI is InChI=1S/C23H26FN3O3/c1-13(3-4-14-11-26-20-7-5-15(24)9-18(14)20)27-16-10-19-17(23(25)28)6-8-21(29-2)22(19)30-12-16/h5-9,11,13,16,26-27H,3-4,10,12H2,1-2H3,(H2,25,28)/t13?,16-/m1/s1. The average molecular weight is 411 g/mol. The van der Waals surface area contributed by atoms with Gasteiger partial charge in [0.2, 0.25) is 5.91 Å². The minimum absolute atomic E-state index is 0.0538. The molecule has 0 aliphatic carbocycles. The quantitative estimate of drug-likeness (QED) is 0.556. The molecule has 2 heterocycles. The topological polar surface area (TPSA) is 89.4 Å². The lowest BCUT2D eigenvalue weighted by Gasteiger charge is -2.30. The number of H-pyrrole nitrogens is 1. The van der Waals surface area contributed by atoms with Gasteiger partial charge in [-0.15, -0.1) is 0 Å². The van der Waals surface area contributed by atoms with Crippen LogP contribution in [0, 0.1) is 5.82 Å². The number of amides is 1. The maximum absolute atomic E-state index is 13.6. The lowest BCUT2D eigenvalue weighted by molar-refractivity contribution is 0.0997. The molecule has 2 atom stereocenters. The number of rotatable bonds is 7. The number of ether oxygens (including phenoxy) is 2. The Kier molecular flexibility index (Phi) is 5.63. The monoisotopic (exact) mass is 411 g/mol. The molecule has 3 aromatic rings. The molecule has 6 nitrogen and oxygen atoms in total. The van der Waals surface area contributed by atoms with Crippen LogP contribution in [0.3, 0.4) is 0 Å². The molecule has 0 saturated heterocycles. The zero-order chi connectivity index (χ0) is 21.3. The van der Waals surface area contributed by atoms with E-state index in [4.69, 9.17) is 15.2 Å². The number of hydrogen-bond donors (Lipinski definition) is 3. The second-order valence-electron chi connectivity index (χ2n) is 7.81. The number of nitrogens with two attached hydrogens (primary N) is 1. The first-order chi connectivity index (χ1) is 14.5. The second kappa shape index (κ2) is 8.36. The highest BCUT2D eigenvalue weighted by molar-refractivity contribution is 5.95. The summed E-state index contributed by atoms with van der Waals surface area (Å²) in [4.78, 5) is 15.0. The lowest BCUT2D eigenvalue weighted by Crippen LogP contribution is -2.44. The van der Waals surface area contributed by atoms with E-state index in [2.05, 4.69) is 17.2 Å². The van der Waals surface area contributed by atoms with Crippen LogP contribution in [-0.4, -0.2) is 36.7 Å². The molecule has 4 rings (SSSR count). The molecule has 0 radical (unpaired) electrons. The number of hydrogen-bond acceptors (Lipinski definition) is 4. The Hall–Kier alpha value is -3.06. The fourth-order valence-electron chi connectivity index (χ4n) is 4.17. The van der Waals surface area contributed by atoms with Crippen LogP contribution in [0.1, 0.15) is 34.8 Å². The van der Waals surface area contributed by atoms with Gasteiger partial charge in [0, 0.05) is 40.3 Å². The summed E-state index contributed by atoms with van der Waals surface area (Å²) in [6, 6.07) is 8.45. The van der Waals surface area contributed by atoms with E-state index in [9.17, 15) is 9.18 Å². The number of benzene rings is 2. The van der Waals surface area contributed by atoms with Gasteiger partial charge in [-0.2, -0.15) is 0 Å². The summed E-state index contributed by atoms with van der Waals surface area (Å²) >= 11 is 0. The molecule has 7 heteroatoms. The number of carbonyl (C=O) groups is 1. The highest BCUT2D eigenvalue weighted by Gasteiger charge is 2.27. The Labute approximate surface area is 174 Å². The van der Waals surface area contributed by atoms with Crippen molar-refractivity contribution in [2.45, 2.75) is 38.3 Å². The first kappa shape index (κ1) is 20.2. The molecule has 0 spiro atoms. The Morgan fingerprint density at radius 3 is 3.00 bits per heavy atom. The number of methoxy groups -OCH3 is 1. The molecule has 0 bridgehead atoms. The normalized spacial score (nSPS) is 16.7. The van der Waals surface area contributed by atoms with E-state index in [0.29, 0.717) is 30.1 Å². The second-order valence-corrected chi connectivity index (χ2v) is 7.81. The third-order valence-corrected chi connectivity index (χ3v) is 5.69. The van der Waals surface area contributed by atoms with Crippen molar-refractivity contribution in [1.29, 1.82) is 0 Å². The molecule has 1 aliphatic rings. The summed E-state index contributed by atoms with van der Waals surface area (Å²) < 4.78 is 24.9. The van der Waals surface area contributed by atoms with E-state index in [-0.39, 0.29) is 17.9 Å². The zero-order valence-corrected chi connectivity index (χ0v) is 17.1. The van der Waals surface area contributed by atoms with E-state index in [1.807, 2.05) is 6.20 Å². The molecule has 158 valence electrons. The number of primary amides is 1. The van der Waals surface area contributed by atoms with Gasteiger partial charge in [-0.3, -0.25) is 4.79 Å². The van der Waals surface area contributed by atoms with Crippen molar-refractivity contribution in [2.75, 3.05) is 13.7 Å². The van der Waals surface area contributed by atoms with Crippen LogP contribution in [0.2, 0.25) is 0 Å². The van der Waals surface area contributed by atoms with Gasteiger partial charge in [-0.05, 0) is 62.1 Å². The van der Waals surface area contributed by atoms with Gasteiger partial charge in [0.1, 0.15) is 12.4 Å². The summed E-state index contributed by atoms with van der Waals surface area (Å²) in [5, 5.41) is 4.51. The third-order valence-electron chi connectivity index (χ3n) is 5.69. The van der Waals surface area contributed by atoms with Crippen LogP contribution < -0.4 is 20.5 Å². The first-order valence-corrected chi connectivity index (χ1v) is 10.1. The van der Waals surface area contributed by atoms with Gasteiger partial charge < -0.3 is 25.5 Å². The number of carbonyl (C=O) groups excluding carboxylic acids is 1. The molecule has 4 N–H and O–H groups in total. The number of nitrogens with one attached hydrogen (secondary N) is 2. The Balaban J connectivity index is 1.42. The fourth-order valence-corrected chi connectivity index (χ4v) is 4.17. The van der Waals surface area contributed by atoms with Gasteiger partial charge in [-0.1, -0.05) is 0 Å². The maximum Gasteiger partial charge on any atom is 0.249 e. The maximum atomic E-state index is 13.6. The van der Waals surface area contributed by atoms with Gasteiger partial charge >= 0.3 is 0 Å². The van der Waals surface area contributed by atoms with Gasteiger partial charge in [0.15, 0.2) is 11.5 Å². The molecular formula is C23H26FN3O3. The summed E-state index contributed by atoms with van der Waals surface area (Å²) in [7, 11) is 1.58. The predicted molar refractivity (Wildman–Crippen MR) is 114 cm³/mol. The molecule has 30 heavy (non-hydrogen) atoms. The highest BCUT2D eigenvalue weighted by Crippen LogP contribution is 2.37. The Morgan fingerprint density at radius 1 is 1.40 bits per heavy atom.